The Balaban J connectivity index is 2.42. The van der Waals surface area contributed by atoms with Crippen molar-refractivity contribution in [2.24, 2.45) is 7.05 Å². The van der Waals surface area contributed by atoms with Crippen molar-refractivity contribution in [2.75, 3.05) is 12.4 Å². The second-order valence-electron chi connectivity index (χ2n) is 5.37. The summed E-state index contributed by atoms with van der Waals surface area (Å²) in [5, 5.41) is 4.23. The van der Waals surface area contributed by atoms with Gasteiger partial charge in [-0.25, -0.2) is 8.42 Å². The number of rotatable bonds is 4. The normalized spacial score (nSPS) is 21.3. The molecule has 0 aromatic carbocycles. The maximum Gasteiger partial charge on any atom is 0.246 e. The molecule has 1 saturated heterocycles. The topological polar surface area (TPSA) is 55.2 Å². The molecule has 114 valence electrons. The summed E-state index contributed by atoms with van der Waals surface area (Å²) < 4.78 is 29.2. The first-order valence-electron chi connectivity index (χ1n) is 6.97. The minimum atomic E-state index is -3.48. The van der Waals surface area contributed by atoms with Crippen LogP contribution in [-0.4, -0.2) is 41.0 Å². The fourth-order valence-corrected chi connectivity index (χ4v) is 5.33. The number of aryl methyl sites for hydroxylation is 2. The molecule has 1 atom stereocenters. The zero-order valence-corrected chi connectivity index (χ0v) is 13.8. The molecule has 2 rings (SSSR count). The molecular weight excluding hydrogens is 298 g/mol. The molecule has 0 N–H and O–H groups in total. The van der Waals surface area contributed by atoms with Gasteiger partial charge in [-0.15, -0.1) is 11.6 Å². The van der Waals surface area contributed by atoms with Crippen molar-refractivity contribution in [1.82, 2.24) is 14.1 Å². The van der Waals surface area contributed by atoms with Gasteiger partial charge in [0.05, 0.1) is 11.4 Å². The van der Waals surface area contributed by atoms with E-state index in [1.54, 1.807) is 29.9 Å². The summed E-state index contributed by atoms with van der Waals surface area (Å²) in [6, 6.07) is 0.0188. The van der Waals surface area contributed by atoms with Gasteiger partial charge in [0, 0.05) is 25.5 Å². The van der Waals surface area contributed by atoms with Crippen LogP contribution in [0.1, 0.15) is 37.1 Å². The highest BCUT2D eigenvalue weighted by Crippen LogP contribution is 2.30. The number of halogens is 1. The lowest BCUT2D eigenvalue weighted by Gasteiger charge is -2.34. The Bertz CT molecular complexity index is 581. The number of hydrogen-bond acceptors (Lipinski definition) is 3. The monoisotopic (exact) mass is 319 g/mol. The van der Waals surface area contributed by atoms with Gasteiger partial charge in [0.1, 0.15) is 4.90 Å². The molecule has 0 aliphatic carbocycles. The van der Waals surface area contributed by atoms with Crippen LogP contribution in [0.3, 0.4) is 0 Å². The lowest BCUT2D eigenvalue weighted by Crippen LogP contribution is -2.44. The molecule has 1 unspecified atom stereocenters. The third-order valence-corrected chi connectivity index (χ3v) is 6.45. The molecule has 1 aromatic rings. The van der Waals surface area contributed by atoms with Crippen molar-refractivity contribution in [2.45, 2.75) is 50.5 Å². The molecule has 20 heavy (non-hydrogen) atoms. The van der Waals surface area contributed by atoms with Gasteiger partial charge in [0.2, 0.25) is 10.0 Å². The average molecular weight is 320 g/mol. The second-order valence-corrected chi connectivity index (χ2v) is 7.57. The summed E-state index contributed by atoms with van der Waals surface area (Å²) in [7, 11) is -1.71. The smallest absolute Gasteiger partial charge is 0.246 e. The molecule has 0 spiro atoms. The van der Waals surface area contributed by atoms with Gasteiger partial charge < -0.3 is 0 Å². The van der Waals surface area contributed by atoms with Gasteiger partial charge in [-0.3, -0.25) is 4.68 Å². The zero-order chi connectivity index (χ0) is 14.9. The first-order valence-corrected chi connectivity index (χ1v) is 8.95. The molecule has 7 heteroatoms. The molecule has 0 bridgehead atoms. The van der Waals surface area contributed by atoms with Crippen LogP contribution in [0.5, 0.6) is 0 Å². The summed E-state index contributed by atoms with van der Waals surface area (Å²) in [4.78, 5) is 0.362. The molecule has 1 aromatic heterocycles. The Kier molecular flexibility index (Phi) is 4.76. The standard InChI is InChI=1S/C13H22ClN3O2S/c1-10-13(11(2)16(3)15-10)20(18,19)17-9-5-4-6-12(17)7-8-14/h12H,4-9H2,1-3H3. The maximum atomic E-state index is 13.0. The number of hydrogen-bond donors (Lipinski definition) is 0. The fourth-order valence-electron chi connectivity index (χ4n) is 2.95. The molecule has 2 heterocycles. The van der Waals surface area contributed by atoms with Crippen molar-refractivity contribution in [3.8, 4) is 0 Å². The summed E-state index contributed by atoms with van der Waals surface area (Å²) in [5.74, 6) is 0.488. The van der Waals surface area contributed by atoms with Crippen LogP contribution in [0.15, 0.2) is 4.90 Å². The van der Waals surface area contributed by atoms with Crippen molar-refractivity contribution in [3.05, 3.63) is 11.4 Å². The summed E-state index contributed by atoms with van der Waals surface area (Å²) >= 11 is 5.82. The maximum absolute atomic E-state index is 13.0. The highest BCUT2D eigenvalue weighted by molar-refractivity contribution is 7.89. The molecule has 1 aliphatic heterocycles. The number of alkyl halides is 1. The highest BCUT2D eigenvalue weighted by Gasteiger charge is 2.36. The number of nitrogens with zero attached hydrogens (tertiary/aromatic N) is 3. The Morgan fingerprint density at radius 2 is 2.05 bits per heavy atom. The minimum absolute atomic E-state index is 0.0188. The van der Waals surface area contributed by atoms with E-state index < -0.39 is 10.0 Å². The van der Waals surface area contributed by atoms with Crippen LogP contribution < -0.4 is 0 Å². The van der Waals surface area contributed by atoms with E-state index in [1.165, 1.54) is 0 Å². The van der Waals surface area contributed by atoms with E-state index in [1.807, 2.05) is 0 Å². The van der Waals surface area contributed by atoms with E-state index in [-0.39, 0.29) is 6.04 Å². The zero-order valence-electron chi connectivity index (χ0n) is 12.3. The van der Waals surface area contributed by atoms with Crippen LogP contribution in [0.4, 0.5) is 0 Å². The lowest BCUT2D eigenvalue weighted by atomic mass is 10.0. The average Bonchev–Trinajstić information content (AvgIpc) is 2.64. The van der Waals surface area contributed by atoms with Crippen molar-refractivity contribution >= 4 is 21.6 Å². The van der Waals surface area contributed by atoms with Gasteiger partial charge in [-0.1, -0.05) is 6.42 Å². The largest absolute Gasteiger partial charge is 0.271 e. The first-order chi connectivity index (χ1) is 9.39. The third-order valence-electron chi connectivity index (χ3n) is 4.02. The van der Waals surface area contributed by atoms with E-state index in [4.69, 9.17) is 11.6 Å². The van der Waals surface area contributed by atoms with Gasteiger partial charge in [-0.2, -0.15) is 9.40 Å². The van der Waals surface area contributed by atoms with Gasteiger partial charge in [-0.05, 0) is 33.1 Å². The summed E-state index contributed by atoms with van der Waals surface area (Å²) in [5.41, 5.74) is 1.26. The predicted octanol–water partition coefficient (Wildman–Crippen LogP) is 2.21. The van der Waals surface area contributed by atoms with Crippen LogP contribution in [0.2, 0.25) is 0 Å². The van der Waals surface area contributed by atoms with E-state index in [2.05, 4.69) is 5.10 Å². The van der Waals surface area contributed by atoms with Crippen LogP contribution >= 0.6 is 11.6 Å². The van der Waals surface area contributed by atoms with Gasteiger partial charge in [0.25, 0.3) is 0 Å². The fraction of sp³-hybridized carbons (Fsp3) is 0.769. The second kappa shape index (κ2) is 6.03. The molecule has 1 fully saturated rings. The molecule has 0 amide bonds. The molecular formula is C13H22ClN3O2S. The van der Waals surface area contributed by atoms with Crippen LogP contribution in [0.25, 0.3) is 0 Å². The van der Waals surface area contributed by atoms with Gasteiger partial charge in [0.15, 0.2) is 0 Å². The first kappa shape index (κ1) is 15.8. The Labute approximate surface area is 126 Å². The van der Waals surface area contributed by atoms with E-state index in [9.17, 15) is 8.42 Å². The van der Waals surface area contributed by atoms with Crippen LogP contribution in [0, 0.1) is 13.8 Å². The van der Waals surface area contributed by atoms with Crippen molar-refractivity contribution < 1.29 is 8.42 Å². The van der Waals surface area contributed by atoms with E-state index in [0.717, 1.165) is 19.3 Å². The Morgan fingerprint density at radius 3 is 2.60 bits per heavy atom. The Morgan fingerprint density at radius 1 is 1.35 bits per heavy atom. The SMILES string of the molecule is Cc1nn(C)c(C)c1S(=O)(=O)N1CCCCC1CCCl. The summed E-state index contributed by atoms with van der Waals surface area (Å²) in [6.07, 6.45) is 3.58. The van der Waals surface area contributed by atoms with E-state index in [0.29, 0.717) is 35.1 Å². The highest BCUT2D eigenvalue weighted by atomic mass is 35.5. The number of sulfonamides is 1. The Hall–Kier alpha value is -0.590. The molecule has 5 nitrogen and oxygen atoms in total. The molecule has 0 radical (unpaired) electrons. The lowest BCUT2D eigenvalue weighted by molar-refractivity contribution is 0.247. The number of piperidine rings is 1. The number of aromatic nitrogens is 2. The van der Waals surface area contributed by atoms with Gasteiger partial charge >= 0.3 is 0 Å². The van der Waals surface area contributed by atoms with Crippen molar-refractivity contribution in [1.29, 1.82) is 0 Å². The summed E-state index contributed by atoms with van der Waals surface area (Å²) in [6.45, 7) is 4.13. The van der Waals surface area contributed by atoms with Crippen LogP contribution in [-0.2, 0) is 17.1 Å². The third kappa shape index (κ3) is 2.73. The predicted molar refractivity (Wildman–Crippen MR) is 79.5 cm³/mol. The van der Waals surface area contributed by atoms with Crippen molar-refractivity contribution in [3.63, 3.8) is 0 Å². The molecule has 1 aliphatic rings. The van der Waals surface area contributed by atoms with E-state index >= 15 is 0 Å². The molecule has 0 saturated carbocycles. The quantitative estimate of drug-likeness (QED) is 0.800. The minimum Gasteiger partial charge on any atom is -0.271 e.